The fraction of sp³-hybridized carbons (Fsp3) is 0.421. The molecule has 0 unspecified atom stereocenters. The van der Waals surface area contributed by atoms with Crippen LogP contribution in [-0.2, 0) is 13.1 Å². The molecule has 8 nitrogen and oxygen atoms in total. The van der Waals surface area contributed by atoms with Crippen LogP contribution in [0.1, 0.15) is 18.4 Å². The number of nitrogens with zero attached hydrogens (tertiary/aromatic N) is 7. The van der Waals surface area contributed by atoms with Gasteiger partial charge in [-0.25, -0.2) is 4.98 Å². The molecule has 8 heteroatoms. The highest BCUT2D eigenvalue weighted by Crippen LogP contribution is 2.24. The number of benzene rings is 1. The topological polar surface area (TPSA) is 81.9 Å². The van der Waals surface area contributed by atoms with E-state index in [4.69, 9.17) is 4.74 Å². The molecule has 1 atom stereocenters. The van der Waals surface area contributed by atoms with E-state index in [0.717, 1.165) is 31.9 Å². The summed E-state index contributed by atoms with van der Waals surface area (Å²) < 4.78 is 5.48. The Balaban J connectivity index is 1.38. The number of likely N-dealkylation sites (tertiary alicyclic amines) is 1. The molecule has 0 saturated carbocycles. The van der Waals surface area contributed by atoms with Gasteiger partial charge in [-0.3, -0.25) is 9.88 Å². The van der Waals surface area contributed by atoms with E-state index < -0.39 is 0 Å². The molecule has 4 rings (SSSR count). The number of tetrazole rings is 1. The highest BCUT2D eigenvalue weighted by Gasteiger charge is 2.22. The van der Waals surface area contributed by atoms with Crippen molar-refractivity contribution in [3.05, 3.63) is 48.4 Å². The molecule has 0 N–H and O–H groups in total. The summed E-state index contributed by atoms with van der Waals surface area (Å²) >= 11 is 0. The maximum absolute atomic E-state index is 5.48. The number of rotatable bonds is 6. The predicted octanol–water partition coefficient (Wildman–Crippen LogP) is 2.05. The van der Waals surface area contributed by atoms with Gasteiger partial charge < -0.3 is 4.74 Å². The summed E-state index contributed by atoms with van der Waals surface area (Å²) in [6, 6.07) is 8.22. The van der Waals surface area contributed by atoms with Gasteiger partial charge in [-0.1, -0.05) is 18.2 Å². The van der Waals surface area contributed by atoms with Crippen LogP contribution in [0.4, 0.5) is 0 Å². The third-order valence-electron chi connectivity index (χ3n) is 4.86. The van der Waals surface area contributed by atoms with Gasteiger partial charge in [0.25, 0.3) is 0 Å². The van der Waals surface area contributed by atoms with Crippen LogP contribution in [0.2, 0.25) is 0 Å². The van der Waals surface area contributed by atoms with E-state index in [9.17, 15) is 0 Å². The molecule has 0 amide bonds. The first-order valence-electron chi connectivity index (χ1n) is 9.20. The zero-order chi connectivity index (χ0) is 18.5. The molecule has 1 saturated heterocycles. The number of ether oxygens (including phenoxy) is 1. The minimum absolute atomic E-state index is 0.498. The van der Waals surface area contributed by atoms with Gasteiger partial charge in [-0.15, -0.1) is 10.2 Å². The number of hydrogen-bond acceptors (Lipinski definition) is 7. The van der Waals surface area contributed by atoms with Crippen molar-refractivity contribution < 1.29 is 4.74 Å². The smallest absolute Gasteiger partial charge is 0.224 e. The van der Waals surface area contributed by atoms with Gasteiger partial charge in [0.05, 0.1) is 19.9 Å². The lowest BCUT2D eigenvalue weighted by Gasteiger charge is -2.32. The highest BCUT2D eigenvalue weighted by atomic mass is 16.5. The monoisotopic (exact) mass is 365 g/mol. The molecule has 27 heavy (non-hydrogen) atoms. The SMILES string of the molecule is COc1ccccc1CN1CCC[C@H](Cn2nnc(-c3cnccn3)n2)C1. The lowest BCUT2D eigenvalue weighted by Crippen LogP contribution is -2.37. The Hall–Kier alpha value is -2.87. The van der Waals surface area contributed by atoms with Crippen molar-refractivity contribution in [1.29, 1.82) is 0 Å². The van der Waals surface area contributed by atoms with Gasteiger partial charge in [-0.2, -0.15) is 4.80 Å². The fourth-order valence-electron chi connectivity index (χ4n) is 3.59. The van der Waals surface area contributed by atoms with E-state index in [1.165, 1.54) is 18.4 Å². The molecule has 1 aliphatic rings. The van der Waals surface area contributed by atoms with Crippen LogP contribution in [0.15, 0.2) is 42.9 Å². The van der Waals surface area contributed by atoms with Crippen LogP contribution in [0.5, 0.6) is 5.75 Å². The Morgan fingerprint density at radius 1 is 1.22 bits per heavy atom. The van der Waals surface area contributed by atoms with Crippen LogP contribution in [-0.4, -0.2) is 55.3 Å². The Morgan fingerprint density at radius 2 is 2.15 bits per heavy atom. The molecule has 140 valence electrons. The Morgan fingerprint density at radius 3 is 3.00 bits per heavy atom. The number of piperidine rings is 1. The summed E-state index contributed by atoms with van der Waals surface area (Å²) in [6.07, 6.45) is 7.26. The Labute approximate surface area is 158 Å². The molecule has 2 aromatic heterocycles. The molecule has 3 aromatic rings. The lowest BCUT2D eigenvalue weighted by atomic mass is 9.97. The van der Waals surface area contributed by atoms with Gasteiger partial charge in [-0.05, 0) is 36.6 Å². The van der Waals surface area contributed by atoms with Gasteiger partial charge in [0.2, 0.25) is 5.82 Å². The number of aromatic nitrogens is 6. The first-order chi connectivity index (χ1) is 13.3. The molecule has 1 fully saturated rings. The molecule has 1 aromatic carbocycles. The van der Waals surface area contributed by atoms with Crippen LogP contribution >= 0.6 is 0 Å². The Bertz CT molecular complexity index is 867. The normalized spacial score (nSPS) is 17.7. The van der Waals surface area contributed by atoms with Crippen molar-refractivity contribution in [2.45, 2.75) is 25.9 Å². The zero-order valence-corrected chi connectivity index (χ0v) is 15.4. The predicted molar refractivity (Wildman–Crippen MR) is 99.8 cm³/mol. The van der Waals surface area contributed by atoms with Crippen LogP contribution < -0.4 is 4.74 Å². The van der Waals surface area contributed by atoms with E-state index in [1.807, 2.05) is 12.1 Å². The summed E-state index contributed by atoms with van der Waals surface area (Å²) in [6.45, 7) is 3.77. The van der Waals surface area contributed by atoms with E-state index in [0.29, 0.717) is 17.4 Å². The number of methoxy groups -OCH3 is 1. The van der Waals surface area contributed by atoms with Gasteiger partial charge >= 0.3 is 0 Å². The molecule has 0 radical (unpaired) electrons. The van der Waals surface area contributed by atoms with Crippen molar-refractivity contribution in [3.8, 4) is 17.3 Å². The molecule has 3 heterocycles. The van der Waals surface area contributed by atoms with E-state index in [1.54, 1.807) is 30.5 Å². The Kier molecular flexibility index (Phi) is 5.34. The second-order valence-corrected chi connectivity index (χ2v) is 6.81. The molecule has 0 bridgehead atoms. The van der Waals surface area contributed by atoms with E-state index in [2.05, 4.69) is 42.4 Å². The molecule has 0 aliphatic carbocycles. The minimum atomic E-state index is 0.498. The average Bonchev–Trinajstić information content (AvgIpc) is 3.18. The summed E-state index contributed by atoms with van der Waals surface area (Å²) in [4.78, 5) is 12.4. The number of hydrogen-bond donors (Lipinski definition) is 0. The molecular weight excluding hydrogens is 342 g/mol. The minimum Gasteiger partial charge on any atom is -0.496 e. The quantitative estimate of drug-likeness (QED) is 0.661. The van der Waals surface area contributed by atoms with E-state index in [-0.39, 0.29) is 0 Å². The van der Waals surface area contributed by atoms with Crippen molar-refractivity contribution >= 4 is 0 Å². The van der Waals surface area contributed by atoms with Crippen LogP contribution in [0.3, 0.4) is 0 Å². The largest absolute Gasteiger partial charge is 0.496 e. The highest BCUT2D eigenvalue weighted by molar-refractivity contribution is 5.44. The summed E-state index contributed by atoms with van der Waals surface area (Å²) in [7, 11) is 1.73. The summed E-state index contributed by atoms with van der Waals surface area (Å²) in [5.41, 5.74) is 1.87. The van der Waals surface area contributed by atoms with Crippen molar-refractivity contribution in [2.75, 3.05) is 20.2 Å². The van der Waals surface area contributed by atoms with Crippen LogP contribution in [0.25, 0.3) is 11.5 Å². The van der Waals surface area contributed by atoms with Crippen molar-refractivity contribution in [3.63, 3.8) is 0 Å². The third-order valence-corrected chi connectivity index (χ3v) is 4.86. The molecular formula is C19H23N7O. The molecule has 1 aliphatic heterocycles. The first kappa shape index (κ1) is 17.5. The molecule has 0 spiro atoms. The maximum atomic E-state index is 5.48. The summed E-state index contributed by atoms with van der Waals surface area (Å²) in [5.74, 6) is 1.97. The first-order valence-corrected chi connectivity index (χ1v) is 9.20. The summed E-state index contributed by atoms with van der Waals surface area (Å²) in [5, 5.41) is 12.8. The lowest BCUT2D eigenvalue weighted by molar-refractivity contribution is 0.148. The van der Waals surface area contributed by atoms with Gasteiger partial charge in [0.1, 0.15) is 11.4 Å². The van der Waals surface area contributed by atoms with Gasteiger partial charge in [0.15, 0.2) is 0 Å². The van der Waals surface area contributed by atoms with Crippen molar-refractivity contribution in [2.24, 2.45) is 5.92 Å². The standard InChI is InChI=1S/C19H23N7O/c1-27-18-7-3-2-6-16(18)14-25-10-4-5-15(12-25)13-26-23-19(22-24-26)17-11-20-8-9-21-17/h2-3,6-9,11,15H,4-5,10,12-14H2,1H3/t15-/m0/s1. The second kappa shape index (κ2) is 8.22. The van der Waals surface area contributed by atoms with E-state index >= 15 is 0 Å². The third kappa shape index (κ3) is 4.28. The zero-order valence-electron chi connectivity index (χ0n) is 15.4. The maximum Gasteiger partial charge on any atom is 0.224 e. The van der Waals surface area contributed by atoms with Gasteiger partial charge in [0, 0.05) is 31.0 Å². The average molecular weight is 365 g/mol. The fourth-order valence-corrected chi connectivity index (χ4v) is 3.59. The van der Waals surface area contributed by atoms with Crippen molar-refractivity contribution in [1.82, 2.24) is 35.1 Å². The van der Waals surface area contributed by atoms with Crippen LogP contribution in [0, 0.1) is 5.92 Å². The number of para-hydroxylation sites is 1. The second-order valence-electron chi connectivity index (χ2n) is 6.81.